The van der Waals surface area contributed by atoms with Gasteiger partial charge in [-0.25, -0.2) is 0 Å². The minimum absolute atomic E-state index is 0.470. The fraction of sp³-hybridized carbons (Fsp3) is 0.200. The van der Waals surface area contributed by atoms with Crippen molar-refractivity contribution in [1.29, 1.82) is 0 Å². The minimum Gasteiger partial charge on any atom is -0.507 e. The highest BCUT2D eigenvalue weighted by molar-refractivity contribution is 6.00. The van der Waals surface area contributed by atoms with E-state index in [0.29, 0.717) is 5.75 Å². The molecule has 3 aromatic rings. The van der Waals surface area contributed by atoms with Crippen LogP contribution in [0.2, 0.25) is 0 Å². The Bertz CT molecular complexity index is 786. The average Bonchev–Trinajstić information content (AvgIpc) is 3.35. The van der Waals surface area contributed by atoms with E-state index < -0.39 is 0 Å². The molecular formula is C20H18O. The first kappa shape index (κ1) is 12.5. The van der Waals surface area contributed by atoms with Crippen molar-refractivity contribution in [2.24, 2.45) is 5.92 Å². The van der Waals surface area contributed by atoms with Gasteiger partial charge in [-0.15, -0.1) is 0 Å². The van der Waals surface area contributed by atoms with Crippen molar-refractivity contribution in [2.75, 3.05) is 0 Å². The molecule has 0 aliphatic heterocycles. The third-order valence-electron chi connectivity index (χ3n) is 4.39. The summed E-state index contributed by atoms with van der Waals surface area (Å²) in [5, 5.41) is 12.7. The van der Waals surface area contributed by atoms with Gasteiger partial charge in [0.2, 0.25) is 0 Å². The largest absolute Gasteiger partial charge is 0.507 e. The van der Waals surface area contributed by atoms with E-state index in [1.54, 1.807) is 0 Å². The molecule has 0 radical (unpaired) electrons. The van der Waals surface area contributed by atoms with Crippen molar-refractivity contribution in [3.05, 3.63) is 66.2 Å². The summed E-state index contributed by atoms with van der Waals surface area (Å²) < 4.78 is 0. The number of aromatic hydroxyl groups is 1. The first-order chi connectivity index (χ1) is 10.3. The maximum Gasteiger partial charge on any atom is 0.126 e. The first-order valence-corrected chi connectivity index (χ1v) is 7.62. The molecule has 21 heavy (non-hydrogen) atoms. The van der Waals surface area contributed by atoms with E-state index in [4.69, 9.17) is 0 Å². The third-order valence-corrected chi connectivity index (χ3v) is 4.39. The summed E-state index contributed by atoms with van der Waals surface area (Å²) in [4.78, 5) is 0. The number of hydrogen-bond acceptors (Lipinski definition) is 1. The molecule has 3 aromatic carbocycles. The van der Waals surface area contributed by atoms with Gasteiger partial charge in [-0.2, -0.15) is 0 Å². The molecule has 1 nitrogen and oxygen atoms in total. The Morgan fingerprint density at radius 1 is 0.857 bits per heavy atom. The van der Waals surface area contributed by atoms with Crippen LogP contribution in [0.25, 0.3) is 21.9 Å². The van der Waals surface area contributed by atoms with Gasteiger partial charge in [-0.1, -0.05) is 54.6 Å². The van der Waals surface area contributed by atoms with Crippen LogP contribution in [0.3, 0.4) is 0 Å². The highest BCUT2D eigenvalue weighted by Gasteiger charge is 2.24. The van der Waals surface area contributed by atoms with E-state index in [0.717, 1.165) is 28.7 Å². The normalized spacial score (nSPS) is 14.5. The van der Waals surface area contributed by atoms with Crippen LogP contribution in [0.1, 0.15) is 18.4 Å². The van der Waals surface area contributed by atoms with Crippen LogP contribution in [0, 0.1) is 5.92 Å². The van der Waals surface area contributed by atoms with Gasteiger partial charge in [0.25, 0.3) is 0 Å². The number of phenolic OH excluding ortho intramolecular Hbond substituents is 1. The molecule has 0 saturated heterocycles. The first-order valence-electron chi connectivity index (χ1n) is 7.62. The fourth-order valence-electron chi connectivity index (χ4n) is 3.06. The van der Waals surface area contributed by atoms with Crippen molar-refractivity contribution in [2.45, 2.75) is 19.3 Å². The number of hydrogen-bond donors (Lipinski definition) is 1. The maximum atomic E-state index is 10.6. The monoisotopic (exact) mass is 274 g/mol. The standard InChI is InChI=1S/C20H18O/c21-20-16(12-14-10-11-14)13-19(15-6-2-1-3-7-15)17-8-4-5-9-18(17)20/h1-9,13-14,21H,10-12H2. The average molecular weight is 274 g/mol. The highest BCUT2D eigenvalue weighted by Crippen LogP contribution is 2.41. The van der Waals surface area contributed by atoms with E-state index in [1.165, 1.54) is 24.0 Å². The quantitative estimate of drug-likeness (QED) is 0.699. The van der Waals surface area contributed by atoms with Crippen LogP contribution in [0.15, 0.2) is 60.7 Å². The fourth-order valence-corrected chi connectivity index (χ4v) is 3.06. The molecule has 1 aliphatic rings. The molecule has 0 spiro atoms. The molecule has 1 fully saturated rings. The lowest BCUT2D eigenvalue weighted by atomic mass is 9.93. The van der Waals surface area contributed by atoms with E-state index in [9.17, 15) is 5.11 Å². The number of phenols is 1. The number of fused-ring (bicyclic) bond motifs is 1. The minimum atomic E-state index is 0.470. The zero-order valence-electron chi connectivity index (χ0n) is 11.9. The van der Waals surface area contributed by atoms with Crippen LogP contribution in [-0.4, -0.2) is 5.11 Å². The molecule has 1 heteroatoms. The van der Waals surface area contributed by atoms with Crippen LogP contribution in [0.5, 0.6) is 5.75 Å². The molecule has 104 valence electrons. The Morgan fingerprint density at radius 3 is 2.24 bits per heavy atom. The summed E-state index contributed by atoms with van der Waals surface area (Å²) in [6.45, 7) is 0. The van der Waals surface area contributed by atoms with E-state index in [-0.39, 0.29) is 0 Å². The van der Waals surface area contributed by atoms with Crippen LogP contribution in [-0.2, 0) is 6.42 Å². The van der Waals surface area contributed by atoms with Gasteiger partial charge in [-0.3, -0.25) is 0 Å². The van der Waals surface area contributed by atoms with Crippen LogP contribution in [0.4, 0.5) is 0 Å². The predicted molar refractivity (Wildman–Crippen MR) is 87.5 cm³/mol. The second-order valence-corrected chi connectivity index (χ2v) is 5.99. The SMILES string of the molecule is Oc1c(CC2CC2)cc(-c2ccccc2)c2ccccc12. The van der Waals surface area contributed by atoms with Gasteiger partial charge in [-0.05, 0) is 53.3 Å². The summed E-state index contributed by atoms with van der Waals surface area (Å²) in [6.07, 6.45) is 3.59. The zero-order valence-corrected chi connectivity index (χ0v) is 11.9. The molecule has 0 bridgehead atoms. The Labute approximate surface area is 124 Å². The van der Waals surface area contributed by atoms with E-state index >= 15 is 0 Å². The topological polar surface area (TPSA) is 20.2 Å². The highest BCUT2D eigenvalue weighted by atomic mass is 16.3. The van der Waals surface area contributed by atoms with Gasteiger partial charge < -0.3 is 5.11 Å². The van der Waals surface area contributed by atoms with Crippen molar-refractivity contribution < 1.29 is 5.11 Å². The Kier molecular flexibility index (Phi) is 2.92. The predicted octanol–water partition coefficient (Wildman–Crippen LogP) is 5.16. The molecule has 0 unspecified atom stereocenters. The molecular weight excluding hydrogens is 256 g/mol. The van der Waals surface area contributed by atoms with Crippen molar-refractivity contribution in [3.8, 4) is 16.9 Å². The summed E-state index contributed by atoms with van der Waals surface area (Å²) in [5.74, 6) is 1.23. The smallest absolute Gasteiger partial charge is 0.126 e. The lowest BCUT2D eigenvalue weighted by Gasteiger charge is -2.13. The van der Waals surface area contributed by atoms with Gasteiger partial charge >= 0.3 is 0 Å². The van der Waals surface area contributed by atoms with Crippen LogP contribution >= 0.6 is 0 Å². The Hall–Kier alpha value is -2.28. The molecule has 0 aromatic heterocycles. The molecule has 4 rings (SSSR count). The third kappa shape index (κ3) is 2.29. The van der Waals surface area contributed by atoms with Crippen molar-refractivity contribution >= 4 is 10.8 Å². The maximum absolute atomic E-state index is 10.6. The number of benzene rings is 3. The van der Waals surface area contributed by atoms with Gasteiger partial charge in [0, 0.05) is 5.39 Å². The van der Waals surface area contributed by atoms with Gasteiger partial charge in [0.1, 0.15) is 5.75 Å². The second-order valence-electron chi connectivity index (χ2n) is 5.99. The zero-order chi connectivity index (χ0) is 14.2. The van der Waals surface area contributed by atoms with Crippen molar-refractivity contribution in [3.63, 3.8) is 0 Å². The summed E-state index contributed by atoms with van der Waals surface area (Å²) in [7, 11) is 0. The molecule has 0 amide bonds. The Morgan fingerprint density at radius 2 is 1.52 bits per heavy atom. The van der Waals surface area contributed by atoms with Crippen LogP contribution < -0.4 is 0 Å². The lowest BCUT2D eigenvalue weighted by molar-refractivity contribution is 0.473. The van der Waals surface area contributed by atoms with Crippen molar-refractivity contribution in [1.82, 2.24) is 0 Å². The number of rotatable bonds is 3. The molecule has 1 N–H and O–H groups in total. The molecule has 1 saturated carbocycles. The van der Waals surface area contributed by atoms with E-state index in [1.807, 2.05) is 24.3 Å². The Balaban J connectivity index is 1.97. The summed E-state index contributed by atoms with van der Waals surface area (Å²) in [5.41, 5.74) is 3.53. The molecule has 1 aliphatic carbocycles. The van der Waals surface area contributed by atoms with E-state index in [2.05, 4.69) is 36.4 Å². The summed E-state index contributed by atoms with van der Waals surface area (Å²) in [6, 6.07) is 20.8. The lowest BCUT2D eigenvalue weighted by Crippen LogP contribution is -1.92. The summed E-state index contributed by atoms with van der Waals surface area (Å²) >= 11 is 0. The molecule has 0 heterocycles. The van der Waals surface area contributed by atoms with Gasteiger partial charge in [0.05, 0.1) is 0 Å². The van der Waals surface area contributed by atoms with Gasteiger partial charge in [0.15, 0.2) is 0 Å². The second kappa shape index (κ2) is 4.92. The molecule has 0 atom stereocenters.